The van der Waals surface area contributed by atoms with E-state index in [1.54, 1.807) is 25.2 Å². The van der Waals surface area contributed by atoms with Gasteiger partial charge < -0.3 is 15.4 Å². The highest BCUT2D eigenvalue weighted by molar-refractivity contribution is 5.98. The average Bonchev–Trinajstić information content (AvgIpc) is 2.80. The van der Waals surface area contributed by atoms with Crippen molar-refractivity contribution in [3.05, 3.63) is 34.2 Å². The molecule has 1 aromatic carbocycles. The number of carboxylic acid groups (broad SMARTS) is 1. The molecule has 0 aliphatic carbocycles. The van der Waals surface area contributed by atoms with Crippen LogP contribution in [-0.2, 0) is 11.8 Å². The molecule has 0 unspecified atom stereocenters. The molecule has 1 aromatic heterocycles. The number of aromatic amines is 1. The normalized spacial score (nSPS) is 11.6. The molecular formula is C16H21N3O4. The number of nitrogens with one attached hydrogen (secondary N) is 2. The summed E-state index contributed by atoms with van der Waals surface area (Å²) in [5.74, 6) is -1.29. The van der Waals surface area contributed by atoms with Crippen LogP contribution in [0.1, 0.15) is 43.5 Å². The van der Waals surface area contributed by atoms with Gasteiger partial charge in [-0.15, -0.1) is 0 Å². The third-order valence-electron chi connectivity index (χ3n) is 4.39. The molecule has 0 saturated carbocycles. The summed E-state index contributed by atoms with van der Waals surface area (Å²) in [6, 6.07) is 4.91. The third kappa shape index (κ3) is 3.28. The molecule has 0 fully saturated rings. The van der Waals surface area contributed by atoms with Gasteiger partial charge in [-0.3, -0.25) is 14.2 Å². The van der Waals surface area contributed by atoms with E-state index in [9.17, 15) is 14.4 Å². The van der Waals surface area contributed by atoms with Crippen molar-refractivity contribution in [3.63, 3.8) is 0 Å². The molecule has 23 heavy (non-hydrogen) atoms. The number of nitrogens with zero attached hydrogens (tertiary/aromatic N) is 1. The number of fused-ring (bicyclic) bond motifs is 1. The Balaban J connectivity index is 2.34. The van der Waals surface area contributed by atoms with Gasteiger partial charge in [0.1, 0.15) is 0 Å². The van der Waals surface area contributed by atoms with E-state index in [0.29, 0.717) is 29.4 Å². The number of carboxylic acids is 1. The molecule has 0 radical (unpaired) electrons. The van der Waals surface area contributed by atoms with Crippen molar-refractivity contribution in [2.45, 2.75) is 38.6 Å². The lowest BCUT2D eigenvalue weighted by atomic mass is 9.88. The van der Waals surface area contributed by atoms with Gasteiger partial charge in [-0.2, -0.15) is 0 Å². The fourth-order valence-electron chi connectivity index (χ4n) is 2.69. The fourth-order valence-corrected chi connectivity index (χ4v) is 2.69. The first-order valence-corrected chi connectivity index (χ1v) is 7.55. The Kier molecular flexibility index (Phi) is 4.58. The molecule has 0 atom stereocenters. The van der Waals surface area contributed by atoms with Crippen LogP contribution in [0.2, 0.25) is 0 Å². The number of hydrogen-bond acceptors (Lipinski definition) is 3. The van der Waals surface area contributed by atoms with Gasteiger partial charge in [-0.25, -0.2) is 4.79 Å². The summed E-state index contributed by atoms with van der Waals surface area (Å²) in [5.41, 5.74) is 0.641. The molecule has 0 saturated heterocycles. The van der Waals surface area contributed by atoms with E-state index in [-0.39, 0.29) is 18.0 Å². The zero-order valence-electron chi connectivity index (χ0n) is 13.5. The first-order valence-electron chi connectivity index (χ1n) is 7.55. The zero-order valence-corrected chi connectivity index (χ0v) is 13.5. The van der Waals surface area contributed by atoms with E-state index < -0.39 is 11.5 Å². The second-order valence-electron chi connectivity index (χ2n) is 5.73. The number of benzene rings is 1. The van der Waals surface area contributed by atoms with E-state index in [0.717, 1.165) is 0 Å². The van der Waals surface area contributed by atoms with E-state index in [2.05, 4.69) is 10.3 Å². The van der Waals surface area contributed by atoms with Crippen molar-refractivity contribution < 1.29 is 14.7 Å². The molecule has 124 valence electrons. The van der Waals surface area contributed by atoms with Gasteiger partial charge >= 0.3 is 11.7 Å². The van der Waals surface area contributed by atoms with Crippen molar-refractivity contribution in [1.82, 2.24) is 14.9 Å². The average molecular weight is 319 g/mol. The summed E-state index contributed by atoms with van der Waals surface area (Å²) in [6.07, 6.45) is 0.912. The lowest BCUT2D eigenvalue weighted by Crippen LogP contribution is -2.49. The molecule has 0 bridgehead atoms. The molecule has 0 aliphatic heterocycles. The summed E-state index contributed by atoms with van der Waals surface area (Å²) in [5, 5.41) is 11.9. The Morgan fingerprint density at radius 2 is 1.96 bits per heavy atom. The molecule has 3 N–H and O–H groups in total. The number of aliphatic carboxylic acids is 1. The second-order valence-corrected chi connectivity index (χ2v) is 5.73. The minimum absolute atomic E-state index is 0.128. The summed E-state index contributed by atoms with van der Waals surface area (Å²) >= 11 is 0. The van der Waals surface area contributed by atoms with Gasteiger partial charge in [0.15, 0.2) is 0 Å². The van der Waals surface area contributed by atoms with Crippen molar-refractivity contribution in [2.75, 3.05) is 0 Å². The van der Waals surface area contributed by atoms with Crippen molar-refractivity contribution in [1.29, 1.82) is 0 Å². The van der Waals surface area contributed by atoms with Crippen LogP contribution in [0, 0.1) is 0 Å². The second kappa shape index (κ2) is 6.28. The minimum Gasteiger partial charge on any atom is -0.481 e. The van der Waals surface area contributed by atoms with Gasteiger partial charge in [-0.05, 0) is 31.0 Å². The zero-order chi connectivity index (χ0) is 17.2. The van der Waals surface area contributed by atoms with E-state index in [4.69, 9.17) is 5.11 Å². The van der Waals surface area contributed by atoms with Gasteiger partial charge in [0.05, 0.1) is 23.0 Å². The number of hydrogen-bond donors (Lipinski definition) is 3. The van der Waals surface area contributed by atoms with Crippen LogP contribution in [0.4, 0.5) is 0 Å². The monoisotopic (exact) mass is 319 g/mol. The quantitative estimate of drug-likeness (QED) is 0.752. The Morgan fingerprint density at radius 3 is 2.52 bits per heavy atom. The van der Waals surface area contributed by atoms with Crippen LogP contribution >= 0.6 is 0 Å². The molecule has 0 aliphatic rings. The minimum atomic E-state index is -0.947. The van der Waals surface area contributed by atoms with Crippen LogP contribution in [0.15, 0.2) is 23.0 Å². The topological polar surface area (TPSA) is 104 Å². The van der Waals surface area contributed by atoms with Crippen molar-refractivity contribution in [3.8, 4) is 0 Å². The Morgan fingerprint density at radius 1 is 1.30 bits per heavy atom. The summed E-state index contributed by atoms with van der Waals surface area (Å²) in [6.45, 7) is 3.71. The number of carbonyl (C=O) groups excluding carboxylic acids is 1. The lowest BCUT2D eigenvalue weighted by Gasteiger charge is -2.31. The maximum Gasteiger partial charge on any atom is 0.326 e. The van der Waals surface area contributed by atoms with Crippen LogP contribution < -0.4 is 11.0 Å². The predicted molar refractivity (Wildman–Crippen MR) is 86.6 cm³/mol. The lowest BCUT2D eigenvalue weighted by molar-refractivity contribution is -0.138. The number of aromatic nitrogens is 2. The summed E-state index contributed by atoms with van der Waals surface area (Å²) < 4.78 is 1.43. The molecule has 1 amide bonds. The highest BCUT2D eigenvalue weighted by atomic mass is 16.4. The largest absolute Gasteiger partial charge is 0.481 e. The Labute approximate surface area is 133 Å². The molecule has 2 rings (SSSR count). The van der Waals surface area contributed by atoms with Gasteiger partial charge in [0, 0.05) is 12.6 Å². The standard InChI is InChI=1S/C16H21N3O4/c1-4-16(5-2,9-13(20)21)18-14(22)10-6-7-11-12(8-10)19(3)15(23)17-11/h6-8H,4-5,9H2,1-3H3,(H,17,23)(H,18,22)(H,20,21). The summed E-state index contributed by atoms with van der Waals surface area (Å²) in [7, 11) is 1.62. The molecule has 0 spiro atoms. The smallest absolute Gasteiger partial charge is 0.326 e. The number of aryl methyl sites for hydroxylation is 1. The predicted octanol–water partition coefficient (Wildman–Crippen LogP) is 1.63. The van der Waals surface area contributed by atoms with Gasteiger partial charge in [-0.1, -0.05) is 13.8 Å². The summed E-state index contributed by atoms with van der Waals surface area (Å²) in [4.78, 5) is 37.9. The maximum atomic E-state index is 12.5. The van der Waals surface area contributed by atoms with Gasteiger partial charge in [0.25, 0.3) is 5.91 Å². The fraction of sp³-hybridized carbons (Fsp3) is 0.438. The third-order valence-corrected chi connectivity index (χ3v) is 4.39. The molecule has 1 heterocycles. The number of rotatable bonds is 6. The highest BCUT2D eigenvalue weighted by Gasteiger charge is 2.31. The van der Waals surface area contributed by atoms with Crippen LogP contribution in [-0.4, -0.2) is 32.1 Å². The van der Waals surface area contributed by atoms with E-state index >= 15 is 0 Å². The number of imidazole rings is 1. The van der Waals surface area contributed by atoms with Crippen LogP contribution in [0.5, 0.6) is 0 Å². The molecular weight excluding hydrogens is 298 g/mol. The Bertz CT molecular complexity index is 799. The molecule has 2 aromatic rings. The number of H-pyrrole nitrogens is 1. The SMILES string of the molecule is CCC(CC)(CC(=O)O)NC(=O)c1ccc2[nH]c(=O)n(C)c2c1. The molecule has 7 nitrogen and oxygen atoms in total. The molecule has 7 heteroatoms. The van der Waals surface area contributed by atoms with E-state index in [1.807, 2.05) is 13.8 Å². The maximum absolute atomic E-state index is 12.5. The first kappa shape index (κ1) is 16.8. The van der Waals surface area contributed by atoms with Crippen LogP contribution in [0.3, 0.4) is 0 Å². The highest BCUT2D eigenvalue weighted by Crippen LogP contribution is 2.21. The first-order chi connectivity index (χ1) is 10.8. The van der Waals surface area contributed by atoms with Crippen molar-refractivity contribution >= 4 is 22.9 Å². The Hall–Kier alpha value is -2.57. The number of carbonyl (C=O) groups is 2. The van der Waals surface area contributed by atoms with Crippen LogP contribution in [0.25, 0.3) is 11.0 Å². The number of amides is 1. The van der Waals surface area contributed by atoms with Gasteiger partial charge in [0.2, 0.25) is 0 Å². The van der Waals surface area contributed by atoms with E-state index in [1.165, 1.54) is 4.57 Å². The van der Waals surface area contributed by atoms with Crippen molar-refractivity contribution in [2.24, 2.45) is 7.05 Å².